The van der Waals surface area contributed by atoms with Crippen molar-refractivity contribution < 1.29 is 23.8 Å². The van der Waals surface area contributed by atoms with Gasteiger partial charge in [0.15, 0.2) is 0 Å². The van der Waals surface area contributed by atoms with Crippen LogP contribution in [0.25, 0.3) is 5.76 Å². The van der Waals surface area contributed by atoms with Crippen LogP contribution in [-0.2, 0) is 22.7 Å². The van der Waals surface area contributed by atoms with E-state index in [0.717, 1.165) is 11.1 Å². The van der Waals surface area contributed by atoms with Gasteiger partial charge in [0.2, 0.25) is 0 Å². The van der Waals surface area contributed by atoms with E-state index in [1.54, 1.807) is 48.9 Å². The minimum absolute atomic E-state index is 0.0102. The summed E-state index contributed by atoms with van der Waals surface area (Å²) in [5, 5.41) is 11.2. The number of ether oxygens (including phenoxy) is 1. The maximum atomic E-state index is 13.1. The zero-order valence-corrected chi connectivity index (χ0v) is 20.4. The number of aryl methyl sites for hydroxylation is 2. The Balaban J connectivity index is 1.37. The second-order valence-corrected chi connectivity index (χ2v) is 8.96. The molecule has 0 spiro atoms. The zero-order valence-electron chi connectivity index (χ0n) is 20.4. The molecule has 4 aromatic rings. The Kier molecular flexibility index (Phi) is 6.89. The summed E-state index contributed by atoms with van der Waals surface area (Å²) in [6.07, 6.45) is 7.32. The molecule has 0 unspecified atom stereocenters. The maximum Gasteiger partial charge on any atom is 0.295 e. The Hall–Kier alpha value is -4.59. The molecule has 8 nitrogen and oxygen atoms in total. The van der Waals surface area contributed by atoms with Gasteiger partial charge < -0.3 is 23.7 Å². The van der Waals surface area contributed by atoms with Crippen LogP contribution in [0.2, 0.25) is 0 Å². The molecule has 37 heavy (non-hydrogen) atoms. The summed E-state index contributed by atoms with van der Waals surface area (Å²) in [5.41, 5.74) is 2.64. The second-order valence-electron chi connectivity index (χ2n) is 8.96. The van der Waals surface area contributed by atoms with E-state index in [1.807, 2.05) is 35.9 Å². The third-order valence-electron chi connectivity index (χ3n) is 6.34. The zero-order chi connectivity index (χ0) is 25.8. The summed E-state index contributed by atoms with van der Waals surface area (Å²) in [7, 11) is 0. The van der Waals surface area contributed by atoms with E-state index >= 15 is 0 Å². The first-order chi connectivity index (χ1) is 18.0. The maximum absolute atomic E-state index is 13.1. The number of aliphatic hydroxyl groups is 1. The number of Topliss-reactive ketones (excluding diaryl/α,β-unsaturated/α-hetero) is 1. The number of hydrogen-bond donors (Lipinski definition) is 1. The number of carbonyl (C=O) groups excluding carboxylic acids is 2. The molecule has 1 amide bonds. The van der Waals surface area contributed by atoms with Crippen molar-refractivity contribution in [3.8, 4) is 5.75 Å². The summed E-state index contributed by atoms with van der Waals surface area (Å²) in [6.45, 7) is 3.39. The predicted molar refractivity (Wildman–Crippen MR) is 137 cm³/mol. The molecule has 1 saturated heterocycles. The number of aromatic nitrogens is 2. The number of amides is 1. The van der Waals surface area contributed by atoms with Gasteiger partial charge in [-0.3, -0.25) is 9.59 Å². The summed E-state index contributed by atoms with van der Waals surface area (Å²) >= 11 is 0. The Morgan fingerprint density at radius 2 is 1.92 bits per heavy atom. The molecule has 0 aliphatic carbocycles. The number of benzene rings is 2. The minimum atomic E-state index is -0.810. The van der Waals surface area contributed by atoms with Gasteiger partial charge >= 0.3 is 0 Å². The Morgan fingerprint density at radius 3 is 2.62 bits per heavy atom. The number of likely N-dealkylation sites (tertiary alicyclic amines) is 1. The highest BCUT2D eigenvalue weighted by atomic mass is 16.5. The van der Waals surface area contributed by atoms with Gasteiger partial charge in [0, 0.05) is 31.0 Å². The Bertz CT molecular complexity index is 1410. The van der Waals surface area contributed by atoms with Gasteiger partial charge in [-0.1, -0.05) is 29.8 Å². The third kappa shape index (κ3) is 5.18. The normalized spacial score (nSPS) is 16.9. The van der Waals surface area contributed by atoms with Crippen molar-refractivity contribution in [2.24, 2.45) is 0 Å². The monoisotopic (exact) mass is 497 g/mol. The SMILES string of the molecule is Cc1cccc(COc2ccc(/C(O)=C3\C(=O)C(=O)N(CCCn4ccnc4)[C@@H]3c3ccco3)cc2)c1. The van der Waals surface area contributed by atoms with Gasteiger partial charge in [-0.15, -0.1) is 0 Å². The summed E-state index contributed by atoms with van der Waals surface area (Å²) in [5.74, 6) is -0.600. The first-order valence-corrected chi connectivity index (χ1v) is 12.1. The highest BCUT2D eigenvalue weighted by Crippen LogP contribution is 2.39. The van der Waals surface area contributed by atoms with Gasteiger partial charge in [0.25, 0.3) is 11.7 Å². The van der Waals surface area contributed by atoms with E-state index in [9.17, 15) is 14.7 Å². The molecular weight excluding hydrogens is 470 g/mol. The molecule has 0 radical (unpaired) electrons. The molecule has 1 atom stereocenters. The molecule has 1 N–H and O–H groups in total. The molecule has 2 aromatic carbocycles. The highest BCUT2D eigenvalue weighted by Gasteiger charge is 2.47. The van der Waals surface area contributed by atoms with Gasteiger partial charge in [0.1, 0.15) is 29.9 Å². The lowest BCUT2D eigenvalue weighted by Crippen LogP contribution is -2.31. The molecule has 3 heterocycles. The number of aliphatic hydroxyl groups excluding tert-OH is 1. The smallest absolute Gasteiger partial charge is 0.295 e. The lowest BCUT2D eigenvalue weighted by Gasteiger charge is -2.23. The molecule has 5 rings (SSSR count). The van der Waals surface area contributed by atoms with Crippen molar-refractivity contribution >= 4 is 17.4 Å². The topological polar surface area (TPSA) is 97.8 Å². The average Bonchev–Trinajstić information content (AvgIpc) is 3.67. The molecule has 0 bridgehead atoms. The van der Waals surface area contributed by atoms with Crippen LogP contribution in [0.4, 0.5) is 0 Å². The van der Waals surface area contributed by atoms with E-state index in [4.69, 9.17) is 9.15 Å². The molecule has 2 aromatic heterocycles. The largest absolute Gasteiger partial charge is 0.507 e. The Morgan fingerprint density at radius 1 is 1.08 bits per heavy atom. The lowest BCUT2D eigenvalue weighted by atomic mass is 9.99. The molecule has 1 fully saturated rings. The van der Waals surface area contributed by atoms with E-state index in [-0.39, 0.29) is 11.3 Å². The molecule has 188 valence electrons. The van der Waals surface area contributed by atoms with Crippen LogP contribution in [0.1, 0.15) is 34.9 Å². The fourth-order valence-corrected chi connectivity index (χ4v) is 4.53. The van der Waals surface area contributed by atoms with Crippen LogP contribution in [0.5, 0.6) is 5.75 Å². The fraction of sp³-hybridized carbons (Fsp3) is 0.207. The third-order valence-corrected chi connectivity index (χ3v) is 6.34. The van der Waals surface area contributed by atoms with E-state index in [1.165, 1.54) is 11.2 Å². The molecule has 8 heteroatoms. The molecule has 1 aliphatic heterocycles. The summed E-state index contributed by atoms with van der Waals surface area (Å²) in [6, 6.07) is 17.5. The van der Waals surface area contributed by atoms with Crippen molar-refractivity contribution in [1.82, 2.24) is 14.5 Å². The fourth-order valence-electron chi connectivity index (χ4n) is 4.53. The van der Waals surface area contributed by atoms with Crippen LogP contribution >= 0.6 is 0 Å². The molecule has 1 aliphatic rings. The van der Waals surface area contributed by atoms with Gasteiger partial charge in [-0.05, 0) is 55.3 Å². The summed E-state index contributed by atoms with van der Waals surface area (Å²) in [4.78, 5) is 31.6. The number of furan rings is 1. The standard InChI is InChI=1S/C29H27N3O5/c1-20-5-2-6-21(17-20)18-37-23-10-8-22(9-11-23)27(33)25-26(24-7-3-16-36-24)32(29(35)28(25)34)14-4-13-31-15-12-30-19-31/h2-3,5-12,15-17,19,26,33H,4,13-14,18H2,1H3/b27-25+/t26-/m1/s1. The number of rotatable bonds is 9. The Labute approximate surface area is 214 Å². The lowest BCUT2D eigenvalue weighted by molar-refractivity contribution is -0.140. The van der Waals surface area contributed by atoms with Crippen LogP contribution in [0.15, 0.2) is 95.6 Å². The van der Waals surface area contributed by atoms with Crippen LogP contribution in [-0.4, -0.2) is 37.8 Å². The minimum Gasteiger partial charge on any atom is -0.507 e. The van der Waals surface area contributed by atoms with Gasteiger partial charge in [-0.2, -0.15) is 0 Å². The van der Waals surface area contributed by atoms with E-state index < -0.39 is 17.7 Å². The number of imidazole rings is 1. The van der Waals surface area contributed by atoms with Crippen molar-refractivity contribution in [1.29, 1.82) is 0 Å². The van der Waals surface area contributed by atoms with E-state index in [0.29, 0.717) is 43.2 Å². The number of ketones is 1. The second kappa shape index (κ2) is 10.6. The predicted octanol–water partition coefficient (Wildman–Crippen LogP) is 4.88. The highest BCUT2D eigenvalue weighted by molar-refractivity contribution is 6.46. The molecule has 0 saturated carbocycles. The first-order valence-electron chi connectivity index (χ1n) is 12.1. The van der Waals surface area contributed by atoms with Crippen LogP contribution in [0.3, 0.4) is 0 Å². The average molecular weight is 498 g/mol. The van der Waals surface area contributed by atoms with E-state index in [2.05, 4.69) is 11.1 Å². The van der Waals surface area contributed by atoms with Crippen molar-refractivity contribution in [3.63, 3.8) is 0 Å². The summed E-state index contributed by atoms with van der Waals surface area (Å²) < 4.78 is 13.4. The van der Waals surface area contributed by atoms with Crippen molar-refractivity contribution in [3.05, 3.63) is 114 Å². The number of nitrogens with zero attached hydrogens (tertiary/aromatic N) is 3. The first kappa shape index (κ1) is 24.1. The number of carbonyl (C=O) groups is 2. The number of hydrogen-bond acceptors (Lipinski definition) is 6. The molecular formula is C29H27N3O5. The van der Waals surface area contributed by atoms with Crippen molar-refractivity contribution in [2.75, 3.05) is 6.54 Å². The van der Waals surface area contributed by atoms with Gasteiger partial charge in [-0.25, -0.2) is 4.98 Å². The quantitative estimate of drug-likeness (QED) is 0.201. The van der Waals surface area contributed by atoms with Crippen LogP contribution in [0, 0.1) is 6.92 Å². The van der Waals surface area contributed by atoms with Crippen LogP contribution < -0.4 is 4.74 Å². The van der Waals surface area contributed by atoms with Crippen molar-refractivity contribution in [2.45, 2.75) is 32.5 Å². The van der Waals surface area contributed by atoms with Gasteiger partial charge in [0.05, 0.1) is 18.2 Å².